The van der Waals surface area contributed by atoms with Crippen LogP contribution in [-0.4, -0.2) is 18.0 Å². The molecule has 1 aliphatic rings. The van der Waals surface area contributed by atoms with Gasteiger partial charge < -0.3 is 5.73 Å². The Bertz CT molecular complexity index is 346. The predicted octanol–water partition coefficient (Wildman–Crippen LogP) is 2.08. The van der Waals surface area contributed by atoms with Crippen LogP contribution in [0.25, 0.3) is 0 Å². The second-order valence-corrected chi connectivity index (χ2v) is 4.47. The van der Waals surface area contributed by atoms with Crippen molar-refractivity contribution in [1.29, 1.82) is 0 Å². The van der Waals surface area contributed by atoms with Crippen LogP contribution in [0.1, 0.15) is 36.5 Å². The minimum atomic E-state index is 0.478. The molecule has 2 N–H and O–H groups in total. The van der Waals surface area contributed by atoms with Gasteiger partial charge in [0.05, 0.1) is 0 Å². The molecule has 1 atom stereocenters. The van der Waals surface area contributed by atoms with E-state index in [0.717, 1.165) is 26.2 Å². The zero-order chi connectivity index (χ0) is 10.8. The van der Waals surface area contributed by atoms with Crippen molar-refractivity contribution in [2.24, 2.45) is 5.73 Å². The van der Waals surface area contributed by atoms with Crippen molar-refractivity contribution < 1.29 is 0 Å². The van der Waals surface area contributed by atoms with Crippen LogP contribution < -0.4 is 5.73 Å². The quantitative estimate of drug-likeness (QED) is 0.817. The second-order valence-electron chi connectivity index (χ2n) is 4.47. The fourth-order valence-electron chi connectivity index (χ4n) is 2.15. The average molecular weight is 204 g/mol. The van der Waals surface area contributed by atoms with Crippen LogP contribution in [0.4, 0.5) is 0 Å². The summed E-state index contributed by atoms with van der Waals surface area (Å²) in [6.07, 6.45) is 0. The van der Waals surface area contributed by atoms with E-state index in [0.29, 0.717) is 5.92 Å². The molecule has 1 aromatic rings. The molecule has 15 heavy (non-hydrogen) atoms. The van der Waals surface area contributed by atoms with E-state index >= 15 is 0 Å². The predicted molar refractivity (Wildman–Crippen MR) is 63.7 cm³/mol. The highest BCUT2D eigenvalue weighted by atomic mass is 15.1. The molecule has 0 amide bonds. The normalized spacial score (nSPS) is 17.8. The molecule has 82 valence electrons. The Balaban J connectivity index is 2.22. The van der Waals surface area contributed by atoms with Crippen molar-refractivity contribution in [3.63, 3.8) is 0 Å². The van der Waals surface area contributed by atoms with Gasteiger partial charge in [-0.2, -0.15) is 0 Å². The van der Waals surface area contributed by atoms with Crippen LogP contribution >= 0.6 is 0 Å². The minimum absolute atomic E-state index is 0.478. The van der Waals surface area contributed by atoms with Crippen molar-refractivity contribution in [3.8, 4) is 0 Å². The summed E-state index contributed by atoms with van der Waals surface area (Å²) in [7, 11) is 0. The summed E-state index contributed by atoms with van der Waals surface area (Å²) in [5, 5.41) is 0. The topological polar surface area (TPSA) is 29.3 Å². The van der Waals surface area contributed by atoms with Crippen molar-refractivity contribution in [3.05, 3.63) is 34.9 Å². The standard InChI is InChI=1S/C13H20N2/c1-3-15-8-12-5-4-11(10(2)7-14)6-13(12)9-15/h4-6,10H,3,7-9,14H2,1-2H3. The monoisotopic (exact) mass is 204 g/mol. The van der Waals surface area contributed by atoms with Gasteiger partial charge in [-0.3, -0.25) is 4.90 Å². The molecule has 1 aromatic carbocycles. The number of rotatable bonds is 3. The number of benzene rings is 1. The molecule has 2 rings (SSSR count). The second kappa shape index (κ2) is 4.33. The smallest absolute Gasteiger partial charge is 0.0240 e. The third kappa shape index (κ3) is 2.06. The van der Waals surface area contributed by atoms with E-state index in [1.165, 1.54) is 16.7 Å². The van der Waals surface area contributed by atoms with Crippen LogP contribution in [0.5, 0.6) is 0 Å². The zero-order valence-corrected chi connectivity index (χ0v) is 9.66. The van der Waals surface area contributed by atoms with Crippen LogP contribution in [-0.2, 0) is 13.1 Å². The molecule has 1 unspecified atom stereocenters. The summed E-state index contributed by atoms with van der Waals surface area (Å²) in [4.78, 5) is 2.46. The highest BCUT2D eigenvalue weighted by Crippen LogP contribution is 2.26. The molecular weight excluding hydrogens is 184 g/mol. The Labute approximate surface area is 92.1 Å². The van der Waals surface area contributed by atoms with Gasteiger partial charge in [0.1, 0.15) is 0 Å². The lowest BCUT2D eigenvalue weighted by Crippen LogP contribution is -2.14. The molecule has 0 radical (unpaired) electrons. The molecular formula is C13H20N2. The molecule has 0 aromatic heterocycles. The molecule has 0 spiro atoms. The van der Waals surface area contributed by atoms with E-state index in [4.69, 9.17) is 5.73 Å². The number of hydrogen-bond donors (Lipinski definition) is 1. The summed E-state index contributed by atoms with van der Waals surface area (Å²) < 4.78 is 0. The average Bonchev–Trinajstić information content (AvgIpc) is 2.69. The number of hydrogen-bond acceptors (Lipinski definition) is 2. The fourth-order valence-corrected chi connectivity index (χ4v) is 2.15. The lowest BCUT2D eigenvalue weighted by Gasteiger charge is -2.10. The fraction of sp³-hybridized carbons (Fsp3) is 0.538. The summed E-state index contributed by atoms with van der Waals surface area (Å²) in [5.74, 6) is 0.478. The molecule has 1 heterocycles. The van der Waals surface area contributed by atoms with E-state index < -0.39 is 0 Å². The Morgan fingerprint density at radius 2 is 2.07 bits per heavy atom. The van der Waals surface area contributed by atoms with Gasteiger partial charge in [0.25, 0.3) is 0 Å². The molecule has 0 bridgehead atoms. The van der Waals surface area contributed by atoms with Crippen molar-refractivity contribution in [1.82, 2.24) is 4.90 Å². The van der Waals surface area contributed by atoms with Crippen LogP contribution in [0.15, 0.2) is 18.2 Å². The van der Waals surface area contributed by atoms with Gasteiger partial charge in [-0.1, -0.05) is 32.0 Å². The lowest BCUT2D eigenvalue weighted by molar-refractivity contribution is 0.301. The highest BCUT2D eigenvalue weighted by molar-refractivity contribution is 5.36. The molecule has 0 saturated heterocycles. The molecule has 0 fully saturated rings. The van der Waals surface area contributed by atoms with Gasteiger partial charge in [0, 0.05) is 13.1 Å². The first-order valence-corrected chi connectivity index (χ1v) is 5.78. The number of fused-ring (bicyclic) bond motifs is 1. The maximum absolute atomic E-state index is 5.69. The first-order valence-electron chi connectivity index (χ1n) is 5.78. The van der Waals surface area contributed by atoms with Crippen molar-refractivity contribution in [2.75, 3.05) is 13.1 Å². The first-order chi connectivity index (χ1) is 7.24. The highest BCUT2D eigenvalue weighted by Gasteiger charge is 2.18. The molecule has 0 aliphatic carbocycles. The summed E-state index contributed by atoms with van der Waals surface area (Å²) in [6, 6.07) is 6.84. The Morgan fingerprint density at radius 3 is 2.73 bits per heavy atom. The van der Waals surface area contributed by atoms with E-state index in [2.05, 4.69) is 36.9 Å². The van der Waals surface area contributed by atoms with E-state index in [1.54, 1.807) is 0 Å². The van der Waals surface area contributed by atoms with E-state index in [9.17, 15) is 0 Å². The first kappa shape index (κ1) is 10.7. The van der Waals surface area contributed by atoms with Crippen LogP contribution in [0, 0.1) is 0 Å². The number of nitrogens with zero attached hydrogens (tertiary/aromatic N) is 1. The van der Waals surface area contributed by atoms with Crippen molar-refractivity contribution in [2.45, 2.75) is 32.9 Å². The Morgan fingerprint density at radius 1 is 1.33 bits per heavy atom. The Kier molecular flexibility index (Phi) is 3.08. The Hall–Kier alpha value is -0.860. The van der Waals surface area contributed by atoms with Gasteiger partial charge in [-0.15, -0.1) is 0 Å². The molecule has 0 saturated carbocycles. The van der Waals surface area contributed by atoms with Crippen LogP contribution in [0.3, 0.4) is 0 Å². The largest absolute Gasteiger partial charge is 0.330 e. The minimum Gasteiger partial charge on any atom is -0.330 e. The van der Waals surface area contributed by atoms with Gasteiger partial charge in [0.2, 0.25) is 0 Å². The van der Waals surface area contributed by atoms with Gasteiger partial charge in [0.15, 0.2) is 0 Å². The summed E-state index contributed by atoms with van der Waals surface area (Å²) in [5.41, 5.74) is 10.1. The van der Waals surface area contributed by atoms with E-state index in [1.807, 2.05) is 0 Å². The van der Waals surface area contributed by atoms with Gasteiger partial charge >= 0.3 is 0 Å². The van der Waals surface area contributed by atoms with Crippen LogP contribution in [0.2, 0.25) is 0 Å². The molecule has 2 heteroatoms. The SMILES string of the molecule is CCN1Cc2ccc(C(C)CN)cc2C1. The molecule has 1 aliphatic heterocycles. The number of nitrogens with two attached hydrogens (primary N) is 1. The maximum atomic E-state index is 5.69. The summed E-state index contributed by atoms with van der Waals surface area (Å²) >= 11 is 0. The maximum Gasteiger partial charge on any atom is 0.0240 e. The zero-order valence-electron chi connectivity index (χ0n) is 9.66. The van der Waals surface area contributed by atoms with E-state index in [-0.39, 0.29) is 0 Å². The molecule has 2 nitrogen and oxygen atoms in total. The summed E-state index contributed by atoms with van der Waals surface area (Å²) in [6.45, 7) is 8.50. The van der Waals surface area contributed by atoms with Gasteiger partial charge in [-0.25, -0.2) is 0 Å². The van der Waals surface area contributed by atoms with Gasteiger partial charge in [-0.05, 0) is 35.7 Å². The third-order valence-electron chi connectivity index (χ3n) is 3.39. The van der Waals surface area contributed by atoms with Crippen molar-refractivity contribution >= 4 is 0 Å². The third-order valence-corrected chi connectivity index (χ3v) is 3.39. The lowest BCUT2D eigenvalue weighted by atomic mass is 9.97.